The van der Waals surface area contributed by atoms with Gasteiger partial charge in [0.2, 0.25) is 11.8 Å². The minimum atomic E-state index is -0.856. The monoisotopic (exact) mass is 616 g/mol. The number of phenols is 1. The SMILES string of the molecule is C=CCN1CC(=O)N2C(Cc3ccc(O)cc3)C(=O)N(Cc3cccc(-c4ccccn4)c3)CC2N1C(=O)NCc1ccccc1. The molecule has 2 fully saturated rings. The molecule has 6 rings (SSSR count). The maximum atomic E-state index is 14.3. The fourth-order valence-corrected chi connectivity index (χ4v) is 6.14. The van der Waals surface area contributed by atoms with Crippen molar-refractivity contribution in [1.82, 2.24) is 30.1 Å². The highest BCUT2D eigenvalue weighted by atomic mass is 16.3. The van der Waals surface area contributed by atoms with Crippen LogP contribution >= 0.6 is 0 Å². The van der Waals surface area contributed by atoms with Gasteiger partial charge in [-0.1, -0.05) is 72.8 Å². The summed E-state index contributed by atoms with van der Waals surface area (Å²) in [6, 6.07) is 28.6. The number of urea groups is 1. The molecule has 0 spiro atoms. The fraction of sp³-hybridized carbons (Fsp3) is 0.222. The van der Waals surface area contributed by atoms with Gasteiger partial charge < -0.3 is 20.2 Å². The predicted molar refractivity (Wildman–Crippen MR) is 174 cm³/mol. The number of phenolic OH excluding ortho intramolecular Hbond substituents is 1. The number of amides is 4. The van der Waals surface area contributed by atoms with Crippen molar-refractivity contribution in [3.63, 3.8) is 0 Å². The second-order valence-corrected chi connectivity index (χ2v) is 11.4. The van der Waals surface area contributed by atoms with Crippen molar-refractivity contribution >= 4 is 17.8 Å². The molecule has 0 radical (unpaired) electrons. The van der Waals surface area contributed by atoms with Crippen molar-refractivity contribution in [2.24, 2.45) is 0 Å². The number of piperazine rings is 1. The van der Waals surface area contributed by atoms with E-state index in [1.165, 1.54) is 0 Å². The Kier molecular flexibility index (Phi) is 9.07. The van der Waals surface area contributed by atoms with Gasteiger partial charge in [0.1, 0.15) is 18.0 Å². The number of nitrogens with zero attached hydrogens (tertiary/aromatic N) is 5. The second-order valence-electron chi connectivity index (χ2n) is 11.4. The Morgan fingerprint density at radius 3 is 2.43 bits per heavy atom. The third kappa shape index (κ3) is 6.62. The van der Waals surface area contributed by atoms with Crippen LogP contribution in [0.2, 0.25) is 0 Å². The van der Waals surface area contributed by atoms with E-state index in [2.05, 4.69) is 16.9 Å². The van der Waals surface area contributed by atoms with Crippen LogP contribution in [0, 0.1) is 0 Å². The lowest BCUT2D eigenvalue weighted by Crippen LogP contribution is -2.76. The number of carbonyl (C=O) groups excluding carboxylic acids is 3. The average molecular weight is 617 g/mol. The molecular formula is C36H36N6O4. The summed E-state index contributed by atoms with van der Waals surface area (Å²) < 4.78 is 0. The van der Waals surface area contributed by atoms with Crippen LogP contribution in [0.3, 0.4) is 0 Å². The fourth-order valence-electron chi connectivity index (χ4n) is 6.14. The number of fused-ring (bicyclic) bond motifs is 1. The molecule has 0 bridgehead atoms. The summed E-state index contributed by atoms with van der Waals surface area (Å²) in [6.45, 7) is 4.76. The Bertz CT molecular complexity index is 1700. The zero-order chi connectivity index (χ0) is 32.0. The minimum absolute atomic E-state index is 0.0766. The molecule has 0 aliphatic carbocycles. The third-order valence-electron chi connectivity index (χ3n) is 8.29. The number of hydrogen-bond acceptors (Lipinski definition) is 6. The number of carbonyl (C=O) groups is 3. The first-order chi connectivity index (χ1) is 22.4. The number of aromatic nitrogens is 1. The Hall–Kier alpha value is -5.48. The molecule has 3 heterocycles. The number of rotatable bonds is 9. The lowest BCUT2D eigenvalue weighted by atomic mass is 9.98. The van der Waals surface area contributed by atoms with Crippen LogP contribution in [0.15, 0.2) is 116 Å². The Labute approximate surface area is 268 Å². The van der Waals surface area contributed by atoms with E-state index in [1.807, 2.05) is 72.8 Å². The van der Waals surface area contributed by atoms with Crippen LogP contribution in [0.25, 0.3) is 11.3 Å². The zero-order valence-electron chi connectivity index (χ0n) is 25.4. The highest BCUT2D eigenvalue weighted by Crippen LogP contribution is 2.30. The second kappa shape index (κ2) is 13.7. The molecule has 3 aromatic carbocycles. The van der Waals surface area contributed by atoms with Crippen molar-refractivity contribution < 1.29 is 19.5 Å². The summed E-state index contributed by atoms with van der Waals surface area (Å²) in [5.74, 6) is -0.336. The zero-order valence-corrected chi connectivity index (χ0v) is 25.4. The van der Waals surface area contributed by atoms with E-state index in [-0.39, 0.29) is 56.2 Å². The van der Waals surface area contributed by atoms with Gasteiger partial charge in [-0.05, 0) is 47.0 Å². The predicted octanol–water partition coefficient (Wildman–Crippen LogP) is 4.19. The smallest absolute Gasteiger partial charge is 0.334 e. The normalized spacial score (nSPS) is 18.3. The summed E-state index contributed by atoms with van der Waals surface area (Å²) >= 11 is 0. The highest BCUT2D eigenvalue weighted by Gasteiger charge is 2.51. The molecule has 10 heteroatoms. The van der Waals surface area contributed by atoms with Crippen LogP contribution in [0.4, 0.5) is 4.79 Å². The molecule has 234 valence electrons. The van der Waals surface area contributed by atoms with Gasteiger partial charge in [-0.25, -0.2) is 14.8 Å². The first-order valence-corrected chi connectivity index (χ1v) is 15.3. The number of nitrogens with one attached hydrogen (secondary N) is 1. The van der Waals surface area contributed by atoms with Gasteiger partial charge in [0.25, 0.3) is 0 Å². The molecule has 2 aliphatic rings. The largest absolute Gasteiger partial charge is 0.508 e. The number of hydrogen-bond donors (Lipinski definition) is 2. The van der Waals surface area contributed by atoms with E-state index >= 15 is 0 Å². The highest BCUT2D eigenvalue weighted by molar-refractivity contribution is 5.91. The summed E-state index contributed by atoms with van der Waals surface area (Å²) in [6.07, 6.45) is 2.87. The van der Waals surface area contributed by atoms with Crippen LogP contribution < -0.4 is 5.32 Å². The molecule has 4 aromatic rings. The first-order valence-electron chi connectivity index (χ1n) is 15.3. The van der Waals surface area contributed by atoms with E-state index in [4.69, 9.17) is 0 Å². The standard InChI is InChI=1S/C36H36N6O4/c1-2-19-40-25-34(44)41-32(21-26-14-16-30(43)17-15-26)35(45)39(23-28-11-8-12-29(20-28)31-13-6-7-18-37-31)24-33(41)42(40)36(46)38-22-27-9-4-3-5-10-27/h2-18,20,32-33,43H,1,19,21-25H2,(H,38,46). The maximum Gasteiger partial charge on any atom is 0.334 e. The lowest BCUT2D eigenvalue weighted by molar-refractivity contribution is -0.189. The van der Waals surface area contributed by atoms with Crippen LogP contribution in [-0.4, -0.2) is 79.6 Å². The Morgan fingerprint density at radius 1 is 0.935 bits per heavy atom. The number of benzene rings is 3. The molecule has 1 aromatic heterocycles. The lowest BCUT2D eigenvalue weighted by Gasteiger charge is -2.55. The van der Waals surface area contributed by atoms with Gasteiger partial charge in [-0.2, -0.15) is 0 Å². The molecule has 2 unspecified atom stereocenters. The molecule has 2 atom stereocenters. The summed E-state index contributed by atoms with van der Waals surface area (Å²) in [4.78, 5) is 49.8. The van der Waals surface area contributed by atoms with Crippen LogP contribution in [0.5, 0.6) is 5.75 Å². The van der Waals surface area contributed by atoms with E-state index in [0.717, 1.165) is 27.9 Å². The molecule has 0 saturated carbocycles. The Balaban J connectivity index is 1.34. The molecule has 2 N–H and O–H groups in total. The van der Waals surface area contributed by atoms with Gasteiger partial charge >= 0.3 is 6.03 Å². The molecule has 10 nitrogen and oxygen atoms in total. The van der Waals surface area contributed by atoms with Crippen molar-refractivity contribution in [3.8, 4) is 17.0 Å². The number of aromatic hydroxyl groups is 1. The first kappa shape index (κ1) is 30.5. The van der Waals surface area contributed by atoms with E-state index in [0.29, 0.717) is 6.54 Å². The van der Waals surface area contributed by atoms with Crippen LogP contribution in [-0.2, 0) is 29.1 Å². The van der Waals surface area contributed by atoms with Gasteiger partial charge in [-0.15, -0.1) is 6.58 Å². The maximum absolute atomic E-state index is 14.3. The Morgan fingerprint density at radius 2 is 1.70 bits per heavy atom. The van der Waals surface area contributed by atoms with Gasteiger partial charge in [-0.3, -0.25) is 14.6 Å². The van der Waals surface area contributed by atoms with Gasteiger partial charge in [0, 0.05) is 37.8 Å². The van der Waals surface area contributed by atoms with Crippen molar-refractivity contribution in [1.29, 1.82) is 0 Å². The quantitative estimate of drug-likeness (QED) is 0.273. The number of hydrazine groups is 1. The molecule has 4 amide bonds. The molecular weight excluding hydrogens is 580 g/mol. The van der Waals surface area contributed by atoms with E-state index < -0.39 is 12.2 Å². The van der Waals surface area contributed by atoms with Crippen molar-refractivity contribution in [2.45, 2.75) is 31.7 Å². The third-order valence-corrected chi connectivity index (χ3v) is 8.29. The van der Waals surface area contributed by atoms with Crippen LogP contribution in [0.1, 0.15) is 16.7 Å². The molecule has 2 aliphatic heterocycles. The number of pyridine rings is 1. The molecule has 46 heavy (non-hydrogen) atoms. The van der Waals surface area contributed by atoms with Gasteiger partial charge in [0.15, 0.2) is 0 Å². The topological polar surface area (TPSA) is 109 Å². The minimum Gasteiger partial charge on any atom is -0.508 e. The van der Waals surface area contributed by atoms with Gasteiger partial charge in [0.05, 0.1) is 18.8 Å². The van der Waals surface area contributed by atoms with E-state index in [1.54, 1.807) is 56.4 Å². The summed E-state index contributed by atoms with van der Waals surface area (Å²) in [5.41, 5.74) is 4.38. The van der Waals surface area contributed by atoms with E-state index in [9.17, 15) is 19.5 Å². The van der Waals surface area contributed by atoms with Crippen molar-refractivity contribution in [3.05, 3.63) is 133 Å². The summed E-state index contributed by atoms with van der Waals surface area (Å²) in [7, 11) is 0. The average Bonchev–Trinajstić information content (AvgIpc) is 3.07. The molecule has 2 saturated heterocycles. The van der Waals surface area contributed by atoms with Crippen molar-refractivity contribution in [2.75, 3.05) is 19.6 Å². The summed E-state index contributed by atoms with van der Waals surface area (Å²) in [5, 5.41) is 16.1.